The van der Waals surface area contributed by atoms with E-state index in [2.05, 4.69) is 14.8 Å². The van der Waals surface area contributed by atoms with Gasteiger partial charge in [-0.25, -0.2) is 9.67 Å². The van der Waals surface area contributed by atoms with E-state index >= 15 is 0 Å². The molecule has 0 aliphatic rings. The van der Waals surface area contributed by atoms with Crippen LogP contribution in [0.15, 0.2) is 61.2 Å². The Morgan fingerprint density at radius 2 is 1.85 bits per heavy atom. The van der Waals surface area contributed by atoms with Gasteiger partial charge in [-0.05, 0) is 42.0 Å². The lowest BCUT2D eigenvalue weighted by Crippen LogP contribution is -2.26. The molecule has 0 aliphatic heterocycles. The summed E-state index contributed by atoms with van der Waals surface area (Å²) in [5, 5.41) is 4.03. The fourth-order valence-corrected chi connectivity index (χ4v) is 2.44. The topological polar surface area (TPSA) is 60.2 Å². The Bertz CT molecular complexity index is 850. The zero-order chi connectivity index (χ0) is 18.5. The predicted octanol–water partition coefficient (Wildman–Crippen LogP) is 3.14. The minimum Gasteiger partial charge on any atom is -0.435 e. The van der Waals surface area contributed by atoms with E-state index in [0.29, 0.717) is 12.1 Å². The first-order valence-electron chi connectivity index (χ1n) is 7.77. The standard InChI is InChI=1S/C18H16F2N4O2/c1-23(10-13-2-8-16(9-3-13)26-18(19)20)17(25)14-4-6-15(7-5-14)24-12-21-11-22-24/h2-9,11-12,18H,10H2,1H3. The zero-order valence-corrected chi connectivity index (χ0v) is 13.9. The first-order chi connectivity index (χ1) is 12.5. The fourth-order valence-electron chi connectivity index (χ4n) is 2.44. The van der Waals surface area contributed by atoms with Crippen molar-refractivity contribution in [2.75, 3.05) is 7.05 Å². The van der Waals surface area contributed by atoms with Crippen molar-refractivity contribution >= 4 is 5.91 Å². The maximum atomic E-state index is 12.5. The van der Waals surface area contributed by atoms with Gasteiger partial charge in [0.1, 0.15) is 18.4 Å². The number of carbonyl (C=O) groups excluding carboxylic acids is 1. The summed E-state index contributed by atoms with van der Waals surface area (Å²) in [6, 6.07) is 13.2. The summed E-state index contributed by atoms with van der Waals surface area (Å²) in [5.41, 5.74) is 2.15. The number of rotatable bonds is 6. The molecule has 1 aromatic heterocycles. The zero-order valence-electron chi connectivity index (χ0n) is 13.9. The van der Waals surface area contributed by atoms with Crippen molar-refractivity contribution < 1.29 is 18.3 Å². The molecule has 0 N–H and O–H groups in total. The van der Waals surface area contributed by atoms with E-state index in [0.717, 1.165) is 11.3 Å². The predicted molar refractivity (Wildman–Crippen MR) is 90.2 cm³/mol. The van der Waals surface area contributed by atoms with Gasteiger partial charge in [-0.3, -0.25) is 4.79 Å². The second-order valence-corrected chi connectivity index (χ2v) is 5.57. The van der Waals surface area contributed by atoms with Gasteiger partial charge in [0.2, 0.25) is 0 Å². The Balaban J connectivity index is 1.64. The van der Waals surface area contributed by atoms with Crippen molar-refractivity contribution in [2.24, 2.45) is 0 Å². The summed E-state index contributed by atoms with van der Waals surface area (Å²) < 4.78 is 30.2. The first kappa shape index (κ1) is 17.5. The molecule has 0 aliphatic carbocycles. The van der Waals surface area contributed by atoms with Crippen molar-refractivity contribution in [3.8, 4) is 11.4 Å². The van der Waals surface area contributed by atoms with Crippen molar-refractivity contribution in [3.63, 3.8) is 0 Å². The van der Waals surface area contributed by atoms with Crippen LogP contribution >= 0.6 is 0 Å². The highest BCUT2D eigenvalue weighted by Crippen LogP contribution is 2.17. The molecule has 0 saturated heterocycles. The number of carbonyl (C=O) groups is 1. The number of ether oxygens (including phenoxy) is 1. The third-order valence-electron chi connectivity index (χ3n) is 3.71. The molecular formula is C18H16F2N4O2. The number of alkyl halides is 2. The molecule has 0 bridgehead atoms. The number of hydrogen-bond acceptors (Lipinski definition) is 4. The second-order valence-electron chi connectivity index (χ2n) is 5.57. The lowest BCUT2D eigenvalue weighted by atomic mass is 10.1. The highest BCUT2D eigenvalue weighted by Gasteiger charge is 2.13. The number of hydrogen-bond donors (Lipinski definition) is 0. The summed E-state index contributed by atoms with van der Waals surface area (Å²) in [5.74, 6) is -0.0653. The molecule has 0 radical (unpaired) electrons. The maximum absolute atomic E-state index is 12.5. The molecule has 0 fully saturated rings. The van der Waals surface area contributed by atoms with Crippen LogP contribution < -0.4 is 4.74 Å². The molecular weight excluding hydrogens is 342 g/mol. The van der Waals surface area contributed by atoms with Gasteiger partial charge in [0, 0.05) is 19.2 Å². The van der Waals surface area contributed by atoms with Gasteiger partial charge in [0.25, 0.3) is 5.91 Å². The normalized spacial score (nSPS) is 10.8. The average molecular weight is 358 g/mol. The highest BCUT2D eigenvalue weighted by atomic mass is 19.3. The number of halogens is 2. The molecule has 6 nitrogen and oxygen atoms in total. The molecule has 1 heterocycles. The molecule has 26 heavy (non-hydrogen) atoms. The monoisotopic (exact) mass is 358 g/mol. The number of benzene rings is 2. The summed E-state index contributed by atoms with van der Waals surface area (Å²) in [4.78, 5) is 18.0. The van der Waals surface area contributed by atoms with Crippen LogP contribution in [0.3, 0.4) is 0 Å². The average Bonchev–Trinajstić information content (AvgIpc) is 3.17. The molecule has 0 saturated carbocycles. The van der Waals surface area contributed by atoms with Crippen LogP contribution in [0.5, 0.6) is 5.75 Å². The van der Waals surface area contributed by atoms with Gasteiger partial charge in [0.05, 0.1) is 5.69 Å². The molecule has 1 amide bonds. The molecule has 2 aromatic carbocycles. The van der Waals surface area contributed by atoms with Crippen LogP contribution in [0.1, 0.15) is 15.9 Å². The van der Waals surface area contributed by atoms with Crippen LogP contribution in [-0.4, -0.2) is 39.2 Å². The Kier molecular flexibility index (Phi) is 5.21. The maximum Gasteiger partial charge on any atom is 0.387 e. The molecule has 0 unspecified atom stereocenters. The lowest BCUT2D eigenvalue weighted by molar-refractivity contribution is -0.0498. The lowest BCUT2D eigenvalue weighted by Gasteiger charge is -2.18. The number of amides is 1. The molecule has 0 spiro atoms. The van der Waals surface area contributed by atoms with E-state index in [1.54, 1.807) is 59.4 Å². The summed E-state index contributed by atoms with van der Waals surface area (Å²) in [6.45, 7) is -2.51. The molecule has 134 valence electrons. The van der Waals surface area contributed by atoms with Crippen LogP contribution in [0.4, 0.5) is 8.78 Å². The van der Waals surface area contributed by atoms with Crippen LogP contribution in [0, 0.1) is 0 Å². The highest BCUT2D eigenvalue weighted by molar-refractivity contribution is 5.94. The molecule has 8 heteroatoms. The fraction of sp³-hybridized carbons (Fsp3) is 0.167. The van der Waals surface area contributed by atoms with Crippen molar-refractivity contribution in [3.05, 3.63) is 72.3 Å². The molecule has 0 atom stereocenters. The summed E-state index contributed by atoms with van der Waals surface area (Å²) in [7, 11) is 1.68. The van der Waals surface area contributed by atoms with Gasteiger partial charge < -0.3 is 9.64 Å². The van der Waals surface area contributed by atoms with Crippen LogP contribution in [0.2, 0.25) is 0 Å². The van der Waals surface area contributed by atoms with E-state index < -0.39 is 6.61 Å². The van der Waals surface area contributed by atoms with Gasteiger partial charge in [0.15, 0.2) is 0 Å². The van der Waals surface area contributed by atoms with E-state index in [4.69, 9.17) is 0 Å². The Labute approximate surface area is 148 Å². The van der Waals surface area contributed by atoms with Crippen LogP contribution in [-0.2, 0) is 6.54 Å². The SMILES string of the molecule is CN(Cc1ccc(OC(F)F)cc1)C(=O)c1ccc(-n2cncn2)cc1. The number of aromatic nitrogens is 3. The van der Waals surface area contributed by atoms with Crippen LogP contribution in [0.25, 0.3) is 5.69 Å². The minimum absolute atomic E-state index is 0.0847. The van der Waals surface area contributed by atoms with Crippen molar-refractivity contribution in [1.29, 1.82) is 0 Å². The summed E-state index contributed by atoms with van der Waals surface area (Å²) >= 11 is 0. The second kappa shape index (κ2) is 7.73. The molecule has 3 rings (SSSR count). The summed E-state index contributed by atoms with van der Waals surface area (Å²) in [6.07, 6.45) is 3.01. The Morgan fingerprint density at radius 1 is 1.15 bits per heavy atom. The van der Waals surface area contributed by atoms with Gasteiger partial charge in [-0.1, -0.05) is 12.1 Å². The molecule has 3 aromatic rings. The Hall–Kier alpha value is -3.29. The quantitative estimate of drug-likeness (QED) is 0.679. The van der Waals surface area contributed by atoms with Crippen molar-refractivity contribution in [1.82, 2.24) is 19.7 Å². The Morgan fingerprint density at radius 3 is 2.42 bits per heavy atom. The van der Waals surface area contributed by atoms with Gasteiger partial charge in [-0.2, -0.15) is 13.9 Å². The van der Waals surface area contributed by atoms with E-state index in [-0.39, 0.29) is 11.7 Å². The first-order valence-corrected chi connectivity index (χ1v) is 7.77. The minimum atomic E-state index is -2.86. The van der Waals surface area contributed by atoms with E-state index in [9.17, 15) is 13.6 Å². The van der Waals surface area contributed by atoms with Gasteiger partial charge in [-0.15, -0.1) is 0 Å². The van der Waals surface area contributed by atoms with E-state index in [1.165, 1.54) is 18.5 Å². The van der Waals surface area contributed by atoms with Gasteiger partial charge >= 0.3 is 6.61 Å². The third kappa shape index (κ3) is 4.21. The number of nitrogens with zero attached hydrogens (tertiary/aromatic N) is 4. The smallest absolute Gasteiger partial charge is 0.387 e. The van der Waals surface area contributed by atoms with E-state index in [1.807, 2.05) is 0 Å². The largest absolute Gasteiger partial charge is 0.435 e. The third-order valence-corrected chi connectivity index (χ3v) is 3.71. The van der Waals surface area contributed by atoms with Crippen molar-refractivity contribution in [2.45, 2.75) is 13.2 Å².